The van der Waals surface area contributed by atoms with Gasteiger partial charge in [0.05, 0.1) is 16.7 Å². The van der Waals surface area contributed by atoms with Crippen LogP contribution in [0.15, 0.2) is 48.7 Å². The summed E-state index contributed by atoms with van der Waals surface area (Å²) in [4.78, 5) is 12.6. The van der Waals surface area contributed by atoms with Gasteiger partial charge in [0.1, 0.15) is 6.04 Å². The molecule has 3 nitrogen and oxygen atoms in total. The number of fused-ring (bicyclic) bond motifs is 1. The SMILES string of the molecule is CC(C(=O)c1ccc(Cl)cc1Cl)n1ncc2ccccc21. The molecule has 1 atom stereocenters. The lowest BCUT2D eigenvalue weighted by Crippen LogP contribution is -2.18. The quantitative estimate of drug-likeness (QED) is 0.651. The molecule has 2 aromatic carbocycles. The van der Waals surface area contributed by atoms with Crippen molar-refractivity contribution in [2.75, 3.05) is 0 Å². The van der Waals surface area contributed by atoms with Crippen LogP contribution in [0.2, 0.25) is 10.0 Å². The Morgan fingerprint density at radius 2 is 1.95 bits per heavy atom. The number of ketones is 1. The summed E-state index contributed by atoms with van der Waals surface area (Å²) in [5, 5.41) is 6.18. The zero-order chi connectivity index (χ0) is 15.0. The lowest BCUT2D eigenvalue weighted by Gasteiger charge is -2.13. The van der Waals surface area contributed by atoms with E-state index >= 15 is 0 Å². The molecule has 5 heteroatoms. The Hall–Kier alpha value is -1.84. The highest BCUT2D eigenvalue weighted by molar-refractivity contribution is 6.37. The summed E-state index contributed by atoms with van der Waals surface area (Å²) in [6.07, 6.45) is 1.75. The van der Waals surface area contributed by atoms with E-state index in [1.807, 2.05) is 31.2 Å². The van der Waals surface area contributed by atoms with E-state index in [1.165, 1.54) is 0 Å². The number of rotatable bonds is 3. The summed E-state index contributed by atoms with van der Waals surface area (Å²) in [7, 11) is 0. The third kappa shape index (κ3) is 2.55. The molecule has 1 heterocycles. The highest BCUT2D eigenvalue weighted by Gasteiger charge is 2.21. The molecule has 3 aromatic rings. The number of Topliss-reactive ketones (excluding diaryl/α,β-unsaturated/α-hetero) is 1. The number of nitrogens with zero attached hydrogens (tertiary/aromatic N) is 2. The highest BCUT2D eigenvalue weighted by atomic mass is 35.5. The molecule has 0 aliphatic rings. The number of carbonyl (C=O) groups excluding carboxylic acids is 1. The van der Waals surface area contributed by atoms with Crippen molar-refractivity contribution in [2.45, 2.75) is 13.0 Å². The molecule has 0 spiro atoms. The van der Waals surface area contributed by atoms with Crippen molar-refractivity contribution < 1.29 is 4.79 Å². The van der Waals surface area contributed by atoms with Gasteiger partial charge in [-0.3, -0.25) is 9.48 Å². The number of para-hydroxylation sites is 1. The zero-order valence-corrected chi connectivity index (χ0v) is 12.8. The first-order valence-corrected chi connectivity index (χ1v) is 7.25. The van der Waals surface area contributed by atoms with Crippen LogP contribution in [0.1, 0.15) is 23.3 Å². The fourth-order valence-electron chi connectivity index (χ4n) is 2.33. The largest absolute Gasteiger partial charge is 0.292 e. The van der Waals surface area contributed by atoms with E-state index in [1.54, 1.807) is 29.1 Å². The Morgan fingerprint density at radius 1 is 1.19 bits per heavy atom. The molecule has 0 saturated carbocycles. The van der Waals surface area contributed by atoms with Crippen LogP contribution in [-0.4, -0.2) is 15.6 Å². The molecule has 106 valence electrons. The molecule has 0 radical (unpaired) electrons. The van der Waals surface area contributed by atoms with Gasteiger partial charge in [-0.1, -0.05) is 41.4 Å². The standard InChI is InChI=1S/C16H12Cl2N2O/c1-10(16(21)13-7-6-12(17)8-14(13)18)20-15-5-3-2-4-11(15)9-19-20/h2-10H,1H3. The van der Waals surface area contributed by atoms with Crippen LogP contribution in [0, 0.1) is 0 Å². The molecule has 0 amide bonds. The smallest absolute Gasteiger partial charge is 0.188 e. The average Bonchev–Trinajstić information content (AvgIpc) is 2.90. The summed E-state index contributed by atoms with van der Waals surface area (Å²) in [6, 6.07) is 12.2. The van der Waals surface area contributed by atoms with Crippen molar-refractivity contribution >= 4 is 39.9 Å². The highest BCUT2D eigenvalue weighted by Crippen LogP contribution is 2.26. The predicted molar refractivity (Wildman–Crippen MR) is 85.2 cm³/mol. The summed E-state index contributed by atoms with van der Waals surface area (Å²) >= 11 is 12.0. The molecule has 21 heavy (non-hydrogen) atoms. The Kier molecular flexibility index (Phi) is 3.70. The van der Waals surface area contributed by atoms with Crippen molar-refractivity contribution in [3.63, 3.8) is 0 Å². The minimum Gasteiger partial charge on any atom is -0.292 e. The molecular formula is C16H12Cl2N2O. The normalized spacial score (nSPS) is 12.5. The van der Waals surface area contributed by atoms with Gasteiger partial charge >= 0.3 is 0 Å². The maximum atomic E-state index is 12.6. The molecule has 1 aromatic heterocycles. The third-order valence-corrected chi connectivity index (χ3v) is 4.00. The van der Waals surface area contributed by atoms with Crippen LogP contribution < -0.4 is 0 Å². The topological polar surface area (TPSA) is 34.9 Å². The van der Waals surface area contributed by atoms with Gasteiger partial charge in [0.25, 0.3) is 0 Å². The molecule has 0 saturated heterocycles. The molecule has 1 unspecified atom stereocenters. The van der Waals surface area contributed by atoms with Crippen LogP contribution in [0.4, 0.5) is 0 Å². The minimum atomic E-state index is -0.441. The molecule has 0 aliphatic carbocycles. The van der Waals surface area contributed by atoms with E-state index in [0.29, 0.717) is 15.6 Å². The maximum Gasteiger partial charge on any atom is 0.188 e. The van der Waals surface area contributed by atoms with Crippen molar-refractivity contribution in [1.82, 2.24) is 9.78 Å². The van der Waals surface area contributed by atoms with E-state index in [0.717, 1.165) is 10.9 Å². The Balaban J connectivity index is 2.01. The van der Waals surface area contributed by atoms with Gasteiger partial charge in [-0.05, 0) is 31.2 Å². The van der Waals surface area contributed by atoms with Crippen LogP contribution >= 0.6 is 23.2 Å². The van der Waals surface area contributed by atoms with Crippen molar-refractivity contribution in [2.24, 2.45) is 0 Å². The van der Waals surface area contributed by atoms with E-state index in [4.69, 9.17) is 23.2 Å². The third-order valence-electron chi connectivity index (χ3n) is 3.45. The number of hydrogen-bond acceptors (Lipinski definition) is 2. The fraction of sp³-hybridized carbons (Fsp3) is 0.125. The summed E-state index contributed by atoms with van der Waals surface area (Å²) in [5.74, 6) is -0.0921. The second-order valence-corrected chi connectivity index (χ2v) is 5.66. The number of hydrogen-bond donors (Lipinski definition) is 0. The summed E-state index contributed by atoms with van der Waals surface area (Å²) in [5.41, 5.74) is 1.37. The van der Waals surface area contributed by atoms with E-state index in [-0.39, 0.29) is 5.78 Å². The Labute approximate surface area is 132 Å². The van der Waals surface area contributed by atoms with Crippen molar-refractivity contribution in [3.05, 3.63) is 64.3 Å². The van der Waals surface area contributed by atoms with E-state index < -0.39 is 6.04 Å². The van der Waals surface area contributed by atoms with Crippen LogP contribution in [-0.2, 0) is 0 Å². The van der Waals surface area contributed by atoms with Gasteiger partial charge in [0, 0.05) is 16.0 Å². The van der Waals surface area contributed by atoms with Gasteiger partial charge < -0.3 is 0 Å². The van der Waals surface area contributed by atoms with Crippen LogP contribution in [0.25, 0.3) is 10.9 Å². The fourth-order valence-corrected chi connectivity index (χ4v) is 2.83. The van der Waals surface area contributed by atoms with Gasteiger partial charge in [-0.2, -0.15) is 5.10 Å². The van der Waals surface area contributed by atoms with Crippen molar-refractivity contribution in [1.29, 1.82) is 0 Å². The zero-order valence-electron chi connectivity index (χ0n) is 11.3. The summed E-state index contributed by atoms with van der Waals surface area (Å²) < 4.78 is 1.71. The van der Waals surface area contributed by atoms with Crippen LogP contribution in [0.5, 0.6) is 0 Å². The molecular weight excluding hydrogens is 307 g/mol. The summed E-state index contributed by atoms with van der Waals surface area (Å²) in [6.45, 7) is 1.81. The molecule has 0 fully saturated rings. The van der Waals surface area contributed by atoms with Gasteiger partial charge in [-0.15, -0.1) is 0 Å². The molecule has 3 rings (SSSR count). The predicted octanol–water partition coefficient (Wildman–Crippen LogP) is 4.79. The number of halogens is 2. The van der Waals surface area contributed by atoms with Gasteiger partial charge in [0.15, 0.2) is 5.78 Å². The minimum absolute atomic E-state index is 0.0921. The second-order valence-electron chi connectivity index (χ2n) is 4.81. The van der Waals surface area contributed by atoms with Gasteiger partial charge in [0.2, 0.25) is 0 Å². The lowest BCUT2D eigenvalue weighted by atomic mass is 10.1. The molecule has 0 bridgehead atoms. The number of aromatic nitrogens is 2. The van der Waals surface area contributed by atoms with E-state index in [2.05, 4.69) is 5.10 Å². The van der Waals surface area contributed by atoms with Crippen LogP contribution in [0.3, 0.4) is 0 Å². The average molecular weight is 319 g/mol. The number of carbonyl (C=O) groups is 1. The van der Waals surface area contributed by atoms with E-state index in [9.17, 15) is 4.79 Å². The second kappa shape index (κ2) is 5.51. The molecule has 0 aliphatic heterocycles. The Morgan fingerprint density at radius 3 is 2.71 bits per heavy atom. The monoisotopic (exact) mass is 318 g/mol. The molecule has 0 N–H and O–H groups in total. The maximum absolute atomic E-state index is 12.6. The first-order chi connectivity index (χ1) is 10.1. The lowest BCUT2D eigenvalue weighted by molar-refractivity contribution is 0.0930. The Bertz CT molecular complexity index is 826. The number of benzene rings is 2. The van der Waals surface area contributed by atoms with Crippen molar-refractivity contribution in [3.8, 4) is 0 Å². The van der Waals surface area contributed by atoms with Gasteiger partial charge in [-0.25, -0.2) is 0 Å². The first kappa shape index (κ1) is 14.1. The first-order valence-electron chi connectivity index (χ1n) is 6.49.